The number of carbonyl (C=O) groups excluding carboxylic acids is 1. The van der Waals surface area contributed by atoms with Gasteiger partial charge < -0.3 is 10.1 Å². The van der Waals surface area contributed by atoms with Gasteiger partial charge in [0.1, 0.15) is 0 Å². The summed E-state index contributed by atoms with van der Waals surface area (Å²) in [5.74, 6) is -0.0913. The average molecular weight is 424 g/mol. The molecule has 3 rings (SSSR count). The molecule has 0 bridgehead atoms. The van der Waals surface area contributed by atoms with Gasteiger partial charge in [-0.15, -0.1) is 0 Å². The van der Waals surface area contributed by atoms with Gasteiger partial charge in [0.05, 0.1) is 18.1 Å². The Kier molecular flexibility index (Phi) is 7.32. The maximum Gasteiger partial charge on any atom is 0.243 e. The maximum absolute atomic E-state index is 12.9. The minimum atomic E-state index is -3.51. The van der Waals surface area contributed by atoms with Crippen molar-refractivity contribution in [3.63, 3.8) is 0 Å². The van der Waals surface area contributed by atoms with Crippen LogP contribution in [0.2, 0.25) is 0 Å². The number of ether oxygens (including phenoxy) is 1. The molecule has 8 heteroatoms. The van der Waals surface area contributed by atoms with E-state index < -0.39 is 10.0 Å². The number of amides is 1. The van der Waals surface area contributed by atoms with Crippen LogP contribution in [0.4, 0.5) is 0 Å². The van der Waals surface area contributed by atoms with E-state index in [4.69, 9.17) is 4.74 Å². The number of benzene rings is 1. The zero-order valence-corrected chi connectivity index (χ0v) is 18.5. The van der Waals surface area contributed by atoms with Gasteiger partial charge in [0.15, 0.2) is 0 Å². The number of piperidine rings is 1. The number of aryl methyl sites for hydroxylation is 2. The number of hydrogen-bond donors (Lipinski definition) is 1. The standard InChI is InChI=1S/C21H33N3O4S/c1-16-4-5-20(14-17(16)2)29(26,27)24-8-6-19(7-9-24)21(25)22-15-18(3)23-10-12-28-13-11-23/h4-5,14,18-19H,6-13,15H2,1-3H3,(H,22,25). The summed E-state index contributed by atoms with van der Waals surface area (Å²) in [6.45, 7) is 10.6. The SMILES string of the molecule is Cc1ccc(S(=O)(=O)N2CCC(C(=O)NCC(C)N3CCOCC3)CC2)cc1C. The molecule has 1 atom stereocenters. The fourth-order valence-electron chi connectivity index (χ4n) is 3.92. The van der Waals surface area contributed by atoms with Gasteiger partial charge in [0.2, 0.25) is 15.9 Å². The molecule has 2 saturated heterocycles. The van der Waals surface area contributed by atoms with Crippen molar-refractivity contribution in [1.29, 1.82) is 0 Å². The van der Waals surface area contributed by atoms with Gasteiger partial charge in [-0.05, 0) is 56.9 Å². The van der Waals surface area contributed by atoms with Crippen LogP contribution in [0.1, 0.15) is 30.9 Å². The predicted octanol–water partition coefficient (Wildman–Crippen LogP) is 1.54. The molecule has 1 aromatic carbocycles. The van der Waals surface area contributed by atoms with Crippen LogP contribution in [-0.4, -0.2) is 75.5 Å². The summed E-state index contributed by atoms with van der Waals surface area (Å²) in [4.78, 5) is 15.2. The van der Waals surface area contributed by atoms with Crippen LogP contribution in [0.15, 0.2) is 23.1 Å². The van der Waals surface area contributed by atoms with E-state index in [1.54, 1.807) is 12.1 Å². The Labute approximate surface area is 174 Å². The van der Waals surface area contributed by atoms with E-state index in [0.29, 0.717) is 37.4 Å². The molecule has 1 N–H and O–H groups in total. The van der Waals surface area contributed by atoms with Gasteiger partial charge in [0.25, 0.3) is 0 Å². The van der Waals surface area contributed by atoms with Crippen molar-refractivity contribution in [2.75, 3.05) is 45.9 Å². The first-order valence-corrected chi connectivity index (χ1v) is 11.9. The molecule has 2 heterocycles. The fourth-order valence-corrected chi connectivity index (χ4v) is 5.48. The first-order valence-electron chi connectivity index (χ1n) is 10.5. The Balaban J connectivity index is 1.50. The molecule has 0 aromatic heterocycles. The summed E-state index contributed by atoms with van der Waals surface area (Å²) >= 11 is 0. The van der Waals surface area contributed by atoms with Gasteiger partial charge in [-0.25, -0.2) is 8.42 Å². The monoisotopic (exact) mass is 423 g/mol. The predicted molar refractivity (Wildman–Crippen MR) is 112 cm³/mol. The molecule has 1 aromatic rings. The molecule has 29 heavy (non-hydrogen) atoms. The van der Waals surface area contributed by atoms with Crippen LogP contribution < -0.4 is 5.32 Å². The molecule has 2 aliphatic heterocycles. The molecule has 0 saturated carbocycles. The normalized spacial score (nSPS) is 21.1. The number of morpholine rings is 1. The van der Waals surface area contributed by atoms with Crippen molar-refractivity contribution in [2.24, 2.45) is 5.92 Å². The van der Waals surface area contributed by atoms with Gasteiger partial charge in [-0.1, -0.05) is 6.07 Å². The molecule has 1 unspecified atom stereocenters. The highest BCUT2D eigenvalue weighted by atomic mass is 32.2. The Hall–Kier alpha value is -1.48. The zero-order valence-electron chi connectivity index (χ0n) is 17.7. The Bertz CT molecular complexity index is 813. The van der Waals surface area contributed by atoms with Gasteiger partial charge >= 0.3 is 0 Å². The Morgan fingerprint density at radius 1 is 1.14 bits per heavy atom. The first kappa shape index (κ1) is 22.2. The summed E-state index contributed by atoms with van der Waals surface area (Å²) < 4.78 is 32.7. The number of sulfonamides is 1. The summed E-state index contributed by atoms with van der Waals surface area (Å²) in [5, 5.41) is 3.06. The van der Waals surface area contributed by atoms with Crippen LogP contribution in [0.25, 0.3) is 0 Å². The van der Waals surface area contributed by atoms with Crippen molar-refractivity contribution in [1.82, 2.24) is 14.5 Å². The van der Waals surface area contributed by atoms with Crippen molar-refractivity contribution >= 4 is 15.9 Å². The molecule has 0 aliphatic carbocycles. The van der Waals surface area contributed by atoms with Crippen LogP contribution in [0, 0.1) is 19.8 Å². The summed E-state index contributed by atoms with van der Waals surface area (Å²) in [5.41, 5.74) is 2.04. The van der Waals surface area contributed by atoms with E-state index in [2.05, 4.69) is 17.1 Å². The second kappa shape index (κ2) is 9.55. The second-order valence-corrected chi connectivity index (χ2v) is 10.1. The molecule has 2 fully saturated rings. The van der Waals surface area contributed by atoms with E-state index in [1.165, 1.54) is 4.31 Å². The molecule has 2 aliphatic rings. The number of nitrogens with zero attached hydrogens (tertiary/aromatic N) is 2. The first-order chi connectivity index (χ1) is 13.8. The van der Waals surface area contributed by atoms with E-state index in [0.717, 1.165) is 37.4 Å². The van der Waals surface area contributed by atoms with Crippen molar-refractivity contribution in [3.05, 3.63) is 29.3 Å². The molecular formula is C21H33N3O4S. The lowest BCUT2D eigenvalue weighted by molar-refractivity contribution is -0.126. The average Bonchev–Trinajstić information content (AvgIpc) is 2.74. The summed E-state index contributed by atoms with van der Waals surface area (Å²) in [7, 11) is -3.51. The summed E-state index contributed by atoms with van der Waals surface area (Å²) in [6, 6.07) is 5.52. The highest BCUT2D eigenvalue weighted by molar-refractivity contribution is 7.89. The van der Waals surface area contributed by atoms with E-state index >= 15 is 0 Å². The third-order valence-electron chi connectivity index (χ3n) is 6.18. The third kappa shape index (κ3) is 5.36. The van der Waals surface area contributed by atoms with Crippen LogP contribution in [-0.2, 0) is 19.6 Å². The Morgan fingerprint density at radius 2 is 1.79 bits per heavy atom. The lowest BCUT2D eigenvalue weighted by Crippen LogP contribution is -2.49. The Morgan fingerprint density at radius 3 is 2.41 bits per heavy atom. The largest absolute Gasteiger partial charge is 0.379 e. The highest BCUT2D eigenvalue weighted by Gasteiger charge is 2.32. The molecule has 1 amide bonds. The number of rotatable bonds is 6. The summed E-state index contributed by atoms with van der Waals surface area (Å²) in [6.07, 6.45) is 1.11. The van der Waals surface area contributed by atoms with Crippen molar-refractivity contribution < 1.29 is 17.9 Å². The molecule has 162 valence electrons. The van der Waals surface area contributed by atoms with E-state index in [-0.39, 0.29) is 17.9 Å². The van der Waals surface area contributed by atoms with E-state index in [9.17, 15) is 13.2 Å². The minimum absolute atomic E-state index is 0.0355. The third-order valence-corrected chi connectivity index (χ3v) is 8.08. The zero-order chi connectivity index (χ0) is 21.0. The van der Waals surface area contributed by atoms with Gasteiger partial charge in [-0.2, -0.15) is 4.31 Å². The van der Waals surface area contributed by atoms with Gasteiger partial charge in [-0.3, -0.25) is 9.69 Å². The minimum Gasteiger partial charge on any atom is -0.379 e. The smallest absolute Gasteiger partial charge is 0.243 e. The number of hydrogen-bond acceptors (Lipinski definition) is 5. The highest BCUT2D eigenvalue weighted by Crippen LogP contribution is 2.25. The molecule has 7 nitrogen and oxygen atoms in total. The molecular weight excluding hydrogens is 390 g/mol. The quantitative estimate of drug-likeness (QED) is 0.751. The molecule has 0 radical (unpaired) electrons. The number of carbonyl (C=O) groups is 1. The molecule has 0 spiro atoms. The second-order valence-electron chi connectivity index (χ2n) is 8.17. The fraction of sp³-hybridized carbons (Fsp3) is 0.667. The van der Waals surface area contributed by atoms with Crippen molar-refractivity contribution in [3.8, 4) is 0 Å². The van der Waals surface area contributed by atoms with Crippen LogP contribution >= 0.6 is 0 Å². The van der Waals surface area contributed by atoms with E-state index in [1.807, 2.05) is 19.9 Å². The van der Waals surface area contributed by atoms with Crippen LogP contribution in [0.3, 0.4) is 0 Å². The lowest BCUT2D eigenvalue weighted by Gasteiger charge is -2.33. The lowest BCUT2D eigenvalue weighted by atomic mass is 9.97. The van der Waals surface area contributed by atoms with Crippen molar-refractivity contribution in [2.45, 2.75) is 44.6 Å². The topological polar surface area (TPSA) is 79.0 Å². The van der Waals surface area contributed by atoms with Gasteiger partial charge in [0, 0.05) is 44.7 Å². The number of nitrogens with one attached hydrogen (secondary N) is 1. The maximum atomic E-state index is 12.9. The van der Waals surface area contributed by atoms with Crippen LogP contribution in [0.5, 0.6) is 0 Å².